The number of nitrogens with one attached hydrogen (secondary N) is 4. The van der Waals surface area contributed by atoms with Gasteiger partial charge in [-0.25, -0.2) is 4.79 Å². The lowest BCUT2D eigenvalue weighted by atomic mass is 9.83. The number of amides is 2. The molecule has 0 saturated heterocycles. The van der Waals surface area contributed by atoms with Gasteiger partial charge in [0.05, 0.1) is 0 Å². The second-order valence-electron chi connectivity index (χ2n) is 9.42. The van der Waals surface area contributed by atoms with E-state index in [1.807, 2.05) is 0 Å². The summed E-state index contributed by atoms with van der Waals surface area (Å²) in [5.74, 6) is -3.76. The monoisotopic (exact) mass is 506 g/mol. The number of carbonyl (C=O) groups is 3. The fourth-order valence-corrected chi connectivity index (χ4v) is 4.58. The molecule has 0 aromatic heterocycles. The van der Waals surface area contributed by atoms with Gasteiger partial charge in [-0.15, -0.1) is 0 Å². The Morgan fingerprint density at radius 2 is 1.35 bits per heavy atom. The van der Waals surface area contributed by atoms with Crippen molar-refractivity contribution in [2.75, 3.05) is 0 Å². The maximum Gasteiger partial charge on any atom is 0.326 e. The van der Waals surface area contributed by atoms with Crippen molar-refractivity contribution >= 4 is 29.5 Å². The molecule has 0 bridgehead atoms. The summed E-state index contributed by atoms with van der Waals surface area (Å²) >= 11 is 0. The number of amidine groups is 2. The van der Waals surface area contributed by atoms with Crippen LogP contribution in [0, 0.1) is 22.7 Å². The molecule has 0 spiro atoms. The largest absolute Gasteiger partial charge is 0.480 e. The van der Waals surface area contributed by atoms with E-state index in [-0.39, 0.29) is 30.6 Å². The van der Waals surface area contributed by atoms with Crippen molar-refractivity contribution in [3.63, 3.8) is 0 Å². The summed E-state index contributed by atoms with van der Waals surface area (Å²) in [5.41, 5.74) is 13.5. The van der Waals surface area contributed by atoms with Crippen LogP contribution in [0.1, 0.15) is 54.4 Å². The van der Waals surface area contributed by atoms with Crippen molar-refractivity contribution in [1.82, 2.24) is 10.6 Å². The molecule has 2 atom stereocenters. The lowest BCUT2D eigenvalue weighted by Gasteiger charge is -2.29. The first kappa shape index (κ1) is 27.4. The fourth-order valence-electron chi connectivity index (χ4n) is 4.58. The zero-order valence-corrected chi connectivity index (χ0v) is 20.6. The lowest BCUT2D eigenvalue weighted by molar-refractivity contribution is -0.146. The number of hydrogen-bond acceptors (Lipinski definition) is 5. The molecule has 1 fully saturated rings. The molecule has 0 radical (unpaired) electrons. The van der Waals surface area contributed by atoms with Crippen LogP contribution in [0.25, 0.3) is 0 Å². The first-order valence-corrected chi connectivity index (χ1v) is 12.3. The molecule has 37 heavy (non-hydrogen) atoms. The Morgan fingerprint density at radius 3 is 1.84 bits per heavy atom. The number of carboxylic acid groups (broad SMARTS) is 1. The molecule has 196 valence electrons. The molecule has 1 aliphatic carbocycles. The smallest absolute Gasteiger partial charge is 0.326 e. The van der Waals surface area contributed by atoms with Crippen LogP contribution < -0.4 is 22.1 Å². The summed E-state index contributed by atoms with van der Waals surface area (Å²) in [4.78, 5) is 38.5. The van der Waals surface area contributed by atoms with E-state index < -0.39 is 29.7 Å². The minimum atomic E-state index is -1.16. The highest BCUT2D eigenvalue weighted by Gasteiger charge is 2.35. The van der Waals surface area contributed by atoms with Crippen molar-refractivity contribution in [3.05, 3.63) is 70.8 Å². The summed E-state index contributed by atoms with van der Waals surface area (Å²) in [6.07, 6.45) is 4.37. The molecule has 1 saturated carbocycles. The number of aliphatic carboxylic acids is 1. The zero-order valence-electron chi connectivity index (χ0n) is 20.6. The van der Waals surface area contributed by atoms with E-state index >= 15 is 0 Å². The molecule has 1 aliphatic rings. The van der Waals surface area contributed by atoms with Gasteiger partial charge in [0.25, 0.3) is 0 Å². The average molecular weight is 507 g/mol. The number of rotatable bonds is 11. The number of nitrogen functional groups attached to an aromatic ring is 2. The van der Waals surface area contributed by atoms with Crippen LogP contribution in [0.4, 0.5) is 0 Å². The third-order valence-electron chi connectivity index (χ3n) is 6.75. The van der Waals surface area contributed by atoms with Crippen molar-refractivity contribution in [1.29, 1.82) is 10.8 Å². The van der Waals surface area contributed by atoms with Crippen LogP contribution in [-0.2, 0) is 27.3 Å². The van der Waals surface area contributed by atoms with Crippen molar-refractivity contribution < 1.29 is 19.5 Å². The number of nitrogens with two attached hydrogens (primary N) is 2. The van der Waals surface area contributed by atoms with Crippen molar-refractivity contribution in [3.8, 4) is 0 Å². The molecule has 10 nitrogen and oxygen atoms in total. The first-order valence-electron chi connectivity index (χ1n) is 12.3. The number of benzene rings is 2. The van der Waals surface area contributed by atoms with Crippen LogP contribution in [-0.4, -0.2) is 40.6 Å². The highest BCUT2D eigenvalue weighted by Crippen LogP contribution is 2.27. The predicted octanol–water partition coefficient (Wildman–Crippen LogP) is 1.88. The van der Waals surface area contributed by atoms with Gasteiger partial charge in [0.15, 0.2) is 0 Å². The molecule has 0 aliphatic heterocycles. The molecule has 9 N–H and O–H groups in total. The number of carboxylic acids is 1. The van der Waals surface area contributed by atoms with Gasteiger partial charge >= 0.3 is 5.97 Å². The molecule has 1 unspecified atom stereocenters. The van der Waals surface area contributed by atoms with Gasteiger partial charge in [0, 0.05) is 17.7 Å². The third-order valence-corrected chi connectivity index (χ3v) is 6.75. The first-order chi connectivity index (χ1) is 17.7. The van der Waals surface area contributed by atoms with Gasteiger partial charge in [-0.2, -0.15) is 0 Å². The molecule has 0 heterocycles. The SMILES string of the molecule is N=C(N)c1ccc(CNC(=O)C(Cc2ccc(C(=N)N)cc2)C(=O)N[C@H](C(=O)O)C2CCCCC2)cc1. The Bertz CT molecular complexity index is 1140. The molecule has 10 heteroatoms. The zero-order chi connectivity index (χ0) is 26.9. The van der Waals surface area contributed by atoms with E-state index in [1.165, 1.54) is 0 Å². The Balaban J connectivity index is 1.77. The number of carbonyl (C=O) groups excluding carboxylic acids is 2. The predicted molar refractivity (Wildman–Crippen MR) is 140 cm³/mol. The van der Waals surface area contributed by atoms with Gasteiger partial charge in [-0.1, -0.05) is 67.8 Å². The van der Waals surface area contributed by atoms with Crippen LogP contribution in [0.5, 0.6) is 0 Å². The minimum absolute atomic E-state index is 0.0517. The van der Waals surface area contributed by atoms with Gasteiger partial charge in [0.2, 0.25) is 11.8 Å². The molecule has 2 amide bonds. The summed E-state index contributed by atoms with van der Waals surface area (Å²) in [5, 5.41) is 30.3. The van der Waals surface area contributed by atoms with E-state index in [2.05, 4.69) is 10.6 Å². The standard InChI is InChI=1S/C27H34N6O4/c28-23(29)19-10-6-16(7-11-19)14-21(25(34)32-15-17-8-12-20(13-9-17)24(30)31)26(35)33-22(27(36)37)18-4-2-1-3-5-18/h6-13,18,21-22H,1-5,14-15H2,(H3,28,29)(H3,30,31)(H,32,34)(H,33,35)(H,36,37)/t21?,22-/m0/s1. The van der Waals surface area contributed by atoms with Crippen LogP contribution >= 0.6 is 0 Å². The van der Waals surface area contributed by atoms with E-state index in [4.69, 9.17) is 22.3 Å². The molecular formula is C27H34N6O4. The van der Waals surface area contributed by atoms with Gasteiger partial charge < -0.3 is 27.2 Å². The molecule has 2 aromatic rings. The third kappa shape index (κ3) is 7.63. The summed E-state index contributed by atoms with van der Waals surface area (Å²) in [6, 6.07) is 12.4. The fraction of sp³-hybridized carbons (Fsp3) is 0.370. The summed E-state index contributed by atoms with van der Waals surface area (Å²) in [6.45, 7) is 0.148. The van der Waals surface area contributed by atoms with Gasteiger partial charge in [-0.3, -0.25) is 20.4 Å². The highest BCUT2D eigenvalue weighted by molar-refractivity contribution is 6.02. The van der Waals surface area contributed by atoms with E-state index in [9.17, 15) is 19.5 Å². The summed E-state index contributed by atoms with van der Waals surface area (Å²) in [7, 11) is 0. The normalized spacial score (nSPS) is 15.2. The van der Waals surface area contributed by atoms with Crippen molar-refractivity contribution in [2.24, 2.45) is 23.3 Å². The average Bonchev–Trinajstić information content (AvgIpc) is 2.89. The lowest BCUT2D eigenvalue weighted by Crippen LogP contribution is -2.51. The topological polar surface area (TPSA) is 195 Å². The van der Waals surface area contributed by atoms with Gasteiger partial charge in [0.1, 0.15) is 23.6 Å². The Kier molecular flexibility index (Phi) is 9.37. The van der Waals surface area contributed by atoms with Crippen LogP contribution in [0.15, 0.2) is 48.5 Å². The molecule has 3 rings (SSSR count). The quantitative estimate of drug-likeness (QED) is 0.138. The van der Waals surface area contributed by atoms with Gasteiger partial charge in [-0.05, 0) is 36.3 Å². The van der Waals surface area contributed by atoms with E-state index in [1.54, 1.807) is 48.5 Å². The minimum Gasteiger partial charge on any atom is -0.480 e. The van der Waals surface area contributed by atoms with E-state index in [0.717, 1.165) is 37.7 Å². The second-order valence-corrected chi connectivity index (χ2v) is 9.42. The van der Waals surface area contributed by atoms with Crippen LogP contribution in [0.3, 0.4) is 0 Å². The number of hydrogen-bond donors (Lipinski definition) is 7. The maximum atomic E-state index is 13.3. The highest BCUT2D eigenvalue weighted by atomic mass is 16.4. The Labute approximate surface area is 215 Å². The molecule has 2 aromatic carbocycles. The Morgan fingerprint density at radius 1 is 0.838 bits per heavy atom. The van der Waals surface area contributed by atoms with Crippen LogP contribution in [0.2, 0.25) is 0 Å². The molecular weight excluding hydrogens is 472 g/mol. The Hall–Kier alpha value is -4.21. The summed E-state index contributed by atoms with van der Waals surface area (Å²) < 4.78 is 0. The van der Waals surface area contributed by atoms with E-state index in [0.29, 0.717) is 16.7 Å². The van der Waals surface area contributed by atoms with Crippen molar-refractivity contribution in [2.45, 2.75) is 51.1 Å². The maximum absolute atomic E-state index is 13.3. The second kappa shape index (κ2) is 12.7.